The number of likely N-dealkylation sites (tertiary alicyclic amines) is 1. The minimum Gasteiger partial charge on any atom is -0.347 e. The summed E-state index contributed by atoms with van der Waals surface area (Å²) >= 11 is 0. The van der Waals surface area contributed by atoms with Gasteiger partial charge in [-0.05, 0) is 50.3 Å². The van der Waals surface area contributed by atoms with Gasteiger partial charge in [-0.1, -0.05) is 18.6 Å². The van der Waals surface area contributed by atoms with Gasteiger partial charge in [0.05, 0.1) is 0 Å². The highest BCUT2D eigenvalue weighted by atomic mass is 16.2. The molecule has 178 valence electrons. The predicted molar refractivity (Wildman–Crippen MR) is 130 cm³/mol. The van der Waals surface area contributed by atoms with E-state index >= 15 is 0 Å². The smallest absolute Gasteiger partial charge is 0.224 e. The fourth-order valence-electron chi connectivity index (χ4n) is 5.88. The molecular weight excluding hydrogens is 426 g/mol. The van der Waals surface area contributed by atoms with E-state index in [9.17, 15) is 4.79 Å². The van der Waals surface area contributed by atoms with Gasteiger partial charge in [0, 0.05) is 68.7 Å². The second-order valence-electron chi connectivity index (χ2n) is 10.2. The van der Waals surface area contributed by atoms with E-state index in [4.69, 9.17) is 0 Å². The van der Waals surface area contributed by atoms with Crippen molar-refractivity contribution in [2.75, 3.05) is 24.5 Å². The third-order valence-electron chi connectivity index (χ3n) is 7.96. The van der Waals surface area contributed by atoms with Crippen LogP contribution in [0, 0.1) is 6.92 Å². The highest BCUT2D eigenvalue weighted by Gasteiger charge is 2.42. The van der Waals surface area contributed by atoms with E-state index in [1.54, 1.807) is 6.33 Å². The van der Waals surface area contributed by atoms with Crippen molar-refractivity contribution in [3.05, 3.63) is 54.1 Å². The van der Waals surface area contributed by atoms with Crippen molar-refractivity contribution >= 4 is 17.4 Å². The second kappa shape index (κ2) is 8.98. The number of amides is 1. The van der Waals surface area contributed by atoms with Crippen molar-refractivity contribution in [1.29, 1.82) is 0 Å². The standard InChI is InChI=1S/C26H33N7O/c1-19-7-10-24(27-14-19)33-22-8-9-23(33)17-31(16-22)25(34)11-13-30(21-5-2-6-21)15-20-4-3-12-32-26(20)28-18-29-32/h3-4,7,10,12,14,18,21-23H,2,5-6,8-9,11,13,15-17H2,1H3. The number of anilines is 1. The Morgan fingerprint density at radius 3 is 2.62 bits per heavy atom. The molecule has 34 heavy (non-hydrogen) atoms. The zero-order valence-corrected chi connectivity index (χ0v) is 19.9. The molecule has 1 saturated carbocycles. The Kier molecular flexibility index (Phi) is 5.69. The molecule has 3 aromatic heterocycles. The topological polar surface area (TPSA) is 69.9 Å². The van der Waals surface area contributed by atoms with Gasteiger partial charge in [-0.2, -0.15) is 5.10 Å². The lowest BCUT2D eigenvalue weighted by Gasteiger charge is -2.42. The first kappa shape index (κ1) is 21.5. The first-order valence-electron chi connectivity index (χ1n) is 12.7. The van der Waals surface area contributed by atoms with E-state index in [-0.39, 0.29) is 0 Å². The van der Waals surface area contributed by atoms with Gasteiger partial charge in [0.1, 0.15) is 12.1 Å². The van der Waals surface area contributed by atoms with Crippen LogP contribution in [-0.2, 0) is 11.3 Å². The fraction of sp³-hybridized carbons (Fsp3) is 0.538. The number of carbonyl (C=O) groups is 1. The van der Waals surface area contributed by atoms with E-state index in [1.807, 2.05) is 23.0 Å². The predicted octanol–water partition coefficient (Wildman–Crippen LogP) is 3.06. The molecule has 3 fully saturated rings. The van der Waals surface area contributed by atoms with Crippen LogP contribution in [-0.4, -0.2) is 73.0 Å². The van der Waals surface area contributed by atoms with Crippen molar-refractivity contribution in [1.82, 2.24) is 29.4 Å². The quantitative estimate of drug-likeness (QED) is 0.541. The Balaban J connectivity index is 1.10. The molecule has 2 saturated heterocycles. The number of hydrogen-bond donors (Lipinski definition) is 0. The number of pyridine rings is 2. The molecule has 5 heterocycles. The Hall–Kier alpha value is -3.00. The second-order valence-corrected chi connectivity index (χ2v) is 10.2. The number of aryl methyl sites for hydroxylation is 1. The zero-order chi connectivity index (χ0) is 23.1. The van der Waals surface area contributed by atoms with Crippen molar-refractivity contribution in [2.45, 2.75) is 70.1 Å². The third-order valence-corrected chi connectivity index (χ3v) is 7.96. The normalized spacial score (nSPS) is 22.5. The highest BCUT2D eigenvalue weighted by Crippen LogP contribution is 2.34. The summed E-state index contributed by atoms with van der Waals surface area (Å²) < 4.78 is 1.83. The number of piperazine rings is 1. The molecule has 1 amide bonds. The van der Waals surface area contributed by atoms with Crippen LogP contribution in [0.3, 0.4) is 0 Å². The van der Waals surface area contributed by atoms with Crippen LogP contribution in [0.1, 0.15) is 49.7 Å². The van der Waals surface area contributed by atoms with Crippen molar-refractivity contribution in [3.8, 4) is 0 Å². The largest absolute Gasteiger partial charge is 0.347 e. The maximum atomic E-state index is 13.3. The van der Waals surface area contributed by atoms with Crippen LogP contribution in [0.2, 0.25) is 0 Å². The molecule has 2 aliphatic heterocycles. The van der Waals surface area contributed by atoms with Crippen molar-refractivity contribution in [3.63, 3.8) is 0 Å². The first-order chi connectivity index (χ1) is 16.7. The Morgan fingerprint density at radius 2 is 1.91 bits per heavy atom. The summed E-state index contributed by atoms with van der Waals surface area (Å²) in [5.74, 6) is 1.35. The Bertz CT molecular complexity index is 1140. The van der Waals surface area contributed by atoms with Crippen LogP contribution in [0.15, 0.2) is 43.0 Å². The number of carbonyl (C=O) groups excluding carboxylic acids is 1. The van der Waals surface area contributed by atoms with Gasteiger partial charge >= 0.3 is 0 Å². The minimum atomic E-state index is 0.290. The van der Waals surface area contributed by atoms with Gasteiger partial charge in [0.25, 0.3) is 0 Å². The average molecular weight is 460 g/mol. The lowest BCUT2D eigenvalue weighted by molar-refractivity contribution is -0.132. The summed E-state index contributed by atoms with van der Waals surface area (Å²) in [7, 11) is 0. The molecule has 3 aliphatic rings. The van der Waals surface area contributed by atoms with Gasteiger partial charge in [0.15, 0.2) is 5.65 Å². The van der Waals surface area contributed by atoms with Crippen LogP contribution < -0.4 is 4.90 Å². The molecule has 0 spiro atoms. The monoisotopic (exact) mass is 459 g/mol. The molecule has 8 heteroatoms. The average Bonchev–Trinajstić information content (AvgIpc) is 3.39. The molecule has 8 nitrogen and oxygen atoms in total. The molecule has 1 aliphatic carbocycles. The SMILES string of the molecule is Cc1ccc(N2C3CCC2CN(C(=O)CCN(Cc2cccn4ncnc24)C2CCC2)C3)nc1. The summed E-state index contributed by atoms with van der Waals surface area (Å²) in [5.41, 5.74) is 3.27. The maximum absolute atomic E-state index is 13.3. The molecular formula is C26H33N7O. The summed E-state index contributed by atoms with van der Waals surface area (Å²) in [4.78, 5) is 29.5. The lowest BCUT2D eigenvalue weighted by atomic mass is 9.91. The van der Waals surface area contributed by atoms with E-state index < -0.39 is 0 Å². The summed E-state index contributed by atoms with van der Waals surface area (Å²) in [5, 5.41) is 4.27. The molecule has 0 radical (unpaired) electrons. The Morgan fingerprint density at radius 1 is 1.09 bits per heavy atom. The summed E-state index contributed by atoms with van der Waals surface area (Å²) in [6, 6.07) is 9.75. The molecule has 0 aromatic carbocycles. The highest BCUT2D eigenvalue weighted by molar-refractivity contribution is 5.77. The molecule has 2 bridgehead atoms. The van der Waals surface area contributed by atoms with Crippen LogP contribution in [0.25, 0.3) is 5.65 Å². The number of aromatic nitrogens is 4. The maximum Gasteiger partial charge on any atom is 0.224 e. The van der Waals surface area contributed by atoms with Gasteiger partial charge in [-0.25, -0.2) is 14.5 Å². The molecule has 2 unspecified atom stereocenters. The molecule has 2 atom stereocenters. The van der Waals surface area contributed by atoms with E-state index in [0.717, 1.165) is 50.5 Å². The van der Waals surface area contributed by atoms with Gasteiger partial charge in [-0.3, -0.25) is 9.69 Å². The van der Waals surface area contributed by atoms with E-state index in [0.29, 0.717) is 30.5 Å². The Labute approximate surface area is 200 Å². The third kappa shape index (κ3) is 4.04. The zero-order valence-electron chi connectivity index (χ0n) is 19.9. The molecule has 3 aromatic rings. The van der Waals surface area contributed by atoms with Gasteiger partial charge < -0.3 is 9.80 Å². The van der Waals surface area contributed by atoms with Crippen LogP contribution in [0.4, 0.5) is 5.82 Å². The first-order valence-corrected chi connectivity index (χ1v) is 12.7. The van der Waals surface area contributed by atoms with E-state index in [2.05, 4.69) is 54.9 Å². The number of nitrogens with zero attached hydrogens (tertiary/aromatic N) is 7. The number of fused-ring (bicyclic) bond motifs is 3. The number of rotatable bonds is 7. The van der Waals surface area contributed by atoms with Crippen LogP contribution >= 0.6 is 0 Å². The van der Waals surface area contributed by atoms with Crippen molar-refractivity contribution < 1.29 is 4.79 Å². The van der Waals surface area contributed by atoms with Crippen molar-refractivity contribution in [2.24, 2.45) is 0 Å². The van der Waals surface area contributed by atoms with Gasteiger partial charge in [0.2, 0.25) is 5.91 Å². The van der Waals surface area contributed by atoms with Crippen LogP contribution in [0.5, 0.6) is 0 Å². The lowest BCUT2D eigenvalue weighted by Crippen LogP contribution is -2.56. The summed E-state index contributed by atoms with van der Waals surface area (Å²) in [6.45, 7) is 5.31. The van der Waals surface area contributed by atoms with E-state index in [1.165, 1.54) is 30.4 Å². The number of hydrogen-bond acceptors (Lipinski definition) is 6. The minimum absolute atomic E-state index is 0.290. The fourth-order valence-corrected chi connectivity index (χ4v) is 5.88. The molecule has 0 N–H and O–H groups in total. The van der Waals surface area contributed by atoms with Gasteiger partial charge in [-0.15, -0.1) is 0 Å². The molecule has 6 rings (SSSR count). The summed E-state index contributed by atoms with van der Waals surface area (Å²) in [6.07, 6.45) is 12.1.